The minimum Gasteiger partial charge on any atom is -0.496 e. The summed E-state index contributed by atoms with van der Waals surface area (Å²) >= 11 is 1.53. The maximum absolute atomic E-state index is 13.3. The highest BCUT2D eigenvalue weighted by Crippen LogP contribution is 2.30. The van der Waals surface area contributed by atoms with E-state index < -0.39 is 0 Å². The maximum atomic E-state index is 13.3. The molecule has 1 aromatic carbocycles. The molecule has 0 aliphatic carbocycles. The number of amides is 1. The van der Waals surface area contributed by atoms with Crippen LogP contribution in [0.4, 0.5) is 0 Å². The molecule has 1 aliphatic heterocycles. The molecule has 34 heavy (non-hydrogen) atoms. The minimum absolute atomic E-state index is 0.0105. The van der Waals surface area contributed by atoms with Crippen molar-refractivity contribution in [3.63, 3.8) is 0 Å². The minimum atomic E-state index is 0.0105. The monoisotopic (exact) mass is 474 g/mol. The molecule has 4 aromatic rings. The number of carbonyl (C=O) groups is 1. The first-order valence-corrected chi connectivity index (χ1v) is 12.2. The molecule has 7 nitrogen and oxygen atoms in total. The first kappa shape index (κ1) is 22.3. The highest BCUT2D eigenvalue weighted by molar-refractivity contribution is 7.13. The van der Waals surface area contributed by atoms with Crippen molar-refractivity contribution in [2.45, 2.75) is 32.1 Å². The lowest BCUT2D eigenvalue weighted by Crippen LogP contribution is -2.39. The molecule has 1 fully saturated rings. The standard InChI is InChI=1S/C26H26N4O3S/c1-17-24(34-16-29-17)22-13-19(9-10-27-22)26(31)30-11-5-7-20(15-30)25-28-14-21(33-25)12-18-6-3-4-8-23(18)32-2/h3-4,6,8-10,13-14,16,20H,5,7,11-12,15H2,1-2H3/t20-/m0/s1. The van der Waals surface area contributed by atoms with Crippen LogP contribution in [-0.4, -0.2) is 46.0 Å². The third kappa shape index (κ3) is 4.59. The summed E-state index contributed by atoms with van der Waals surface area (Å²) in [4.78, 5) is 29.5. The molecule has 0 radical (unpaired) electrons. The van der Waals surface area contributed by atoms with Gasteiger partial charge >= 0.3 is 0 Å². The summed E-state index contributed by atoms with van der Waals surface area (Å²) in [7, 11) is 1.67. The van der Waals surface area contributed by atoms with Crippen molar-refractivity contribution in [1.29, 1.82) is 0 Å². The van der Waals surface area contributed by atoms with Crippen LogP contribution in [0, 0.1) is 6.92 Å². The number of hydrogen-bond acceptors (Lipinski definition) is 7. The fourth-order valence-electron chi connectivity index (χ4n) is 4.41. The highest BCUT2D eigenvalue weighted by Gasteiger charge is 2.29. The lowest BCUT2D eigenvalue weighted by Gasteiger charge is -2.31. The third-order valence-corrected chi connectivity index (χ3v) is 7.12. The number of benzene rings is 1. The van der Waals surface area contributed by atoms with E-state index in [9.17, 15) is 4.79 Å². The number of rotatable bonds is 6. The Bertz CT molecular complexity index is 1300. The summed E-state index contributed by atoms with van der Waals surface area (Å²) in [5, 5.41) is 0. The van der Waals surface area contributed by atoms with E-state index in [0.717, 1.165) is 52.7 Å². The Morgan fingerprint density at radius 3 is 2.94 bits per heavy atom. The van der Waals surface area contributed by atoms with E-state index in [1.165, 1.54) is 11.3 Å². The molecule has 1 amide bonds. The molecule has 1 aliphatic rings. The van der Waals surface area contributed by atoms with Gasteiger partial charge < -0.3 is 14.1 Å². The zero-order valence-corrected chi connectivity index (χ0v) is 20.0. The first-order valence-electron chi connectivity index (χ1n) is 11.3. The summed E-state index contributed by atoms with van der Waals surface area (Å²) in [5.41, 5.74) is 5.20. The van der Waals surface area contributed by atoms with Crippen LogP contribution >= 0.6 is 11.3 Å². The Hall–Kier alpha value is -3.52. The Labute approximate surface area is 202 Å². The summed E-state index contributed by atoms with van der Waals surface area (Å²) in [6.45, 7) is 3.27. The van der Waals surface area contributed by atoms with Gasteiger partial charge in [-0.3, -0.25) is 9.78 Å². The van der Waals surface area contributed by atoms with Gasteiger partial charge in [-0.1, -0.05) is 18.2 Å². The van der Waals surface area contributed by atoms with Gasteiger partial charge in [0.1, 0.15) is 11.5 Å². The van der Waals surface area contributed by atoms with Gasteiger partial charge in [-0.2, -0.15) is 0 Å². The molecule has 0 unspecified atom stereocenters. The zero-order chi connectivity index (χ0) is 23.5. The van der Waals surface area contributed by atoms with Gasteiger partial charge in [-0.15, -0.1) is 11.3 Å². The van der Waals surface area contributed by atoms with Crippen LogP contribution in [0.1, 0.15) is 52.0 Å². The van der Waals surface area contributed by atoms with Crippen LogP contribution in [-0.2, 0) is 6.42 Å². The van der Waals surface area contributed by atoms with Crippen molar-refractivity contribution < 1.29 is 13.9 Å². The average molecular weight is 475 g/mol. The first-order chi connectivity index (χ1) is 16.6. The number of piperidine rings is 1. The Morgan fingerprint density at radius 2 is 2.12 bits per heavy atom. The van der Waals surface area contributed by atoms with Crippen molar-refractivity contribution in [3.05, 3.63) is 82.8 Å². The van der Waals surface area contributed by atoms with Gasteiger partial charge in [0.2, 0.25) is 0 Å². The second kappa shape index (κ2) is 9.77. The molecule has 0 saturated carbocycles. The number of methoxy groups -OCH3 is 1. The molecular formula is C26H26N4O3S. The van der Waals surface area contributed by atoms with Crippen LogP contribution in [0.5, 0.6) is 5.75 Å². The number of para-hydroxylation sites is 1. The van der Waals surface area contributed by atoms with E-state index in [1.54, 1.807) is 31.1 Å². The number of pyridine rings is 1. The Kier molecular flexibility index (Phi) is 6.40. The van der Waals surface area contributed by atoms with E-state index in [-0.39, 0.29) is 11.8 Å². The summed E-state index contributed by atoms with van der Waals surface area (Å²) in [6, 6.07) is 11.6. The third-order valence-electron chi connectivity index (χ3n) is 6.17. The number of hydrogen-bond donors (Lipinski definition) is 0. The van der Waals surface area contributed by atoms with Gasteiger partial charge in [-0.05, 0) is 38.0 Å². The molecule has 174 valence electrons. The number of thiazole rings is 1. The van der Waals surface area contributed by atoms with E-state index >= 15 is 0 Å². The van der Waals surface area contributed by atoms with Crippen LogP contribution in [0.15, 0.2) is 58.7 Å². The second-order valence-electron chi connectivity index (χ2n) is 8.44. The van der Waals surface area contributed by atoms with Crippen molar-refractivity contribution in [1.82, 2.24) is 19.9 Å². The van der Waals surface area contributed by atoms with E-state index in [4.69, 9.17) is 9.15 Å². The summed E-state index contributed by atoms with van der Waals surface area (Å²) in [6.07, 6.45) is 5.95. The predicted molar refractivity (Wildman–Crippen MR) is 130 cm³/mol. The number of nitrogens with zero attached hydrogens (tertiary/aromatic N) is 4. The molecular weight excluding hydrogens is 448 g/mol. The van der Waals surface area contributed by atoms with Gasteiger partial charge in [0.15, 0.2) is 5.89 Å². The molecule has 1 atom stereocenters. The molecule has 0 spiro atoms. The molecule has 1 saturated heterocycles. The van der Waals surface area contributed by atoms with E-state index in [0.29, 0.717) is 24.4 Å². The maximum Gasteiger partial charge on any atom is 0.254 e. The fraction of sp³-hybridized carbons (Fsp3) is 0.308. The van der Waals surface area contributed by atoms with Gasteiger partial charge in [0, 0.05) is 36.8 Å². The molecule has 5 rings (SSSR count). The van der Waals surface area contributed by atoms with Gasteiger partial charge in [-0.25, -0.2) is 9.97 Å². The van der Waals surface area contributed by atoms with Gasteiger partial charge in [0.05, 0.1) is 41.0 Å². The summed E-state index contributed by atoms with van der Waals surface area (Å²) < 4.78 is 11.6. The SMILES string of the molecule is COc1ccccc1Cc1cnc([C@H]2CCCN(C(=O)c3ccnc(-c4scnc4C)c3)C2)o1. The Morgan fingerprint density at radius 1 is 1.24 bits per heavy atom. The quantitative estimate of drug-likeness (QED) is 0.386. The second-order valence-corrected chi connectivity index (χ2v) is 9.30. The van der Waals surface area contributed by atoms with Crippen LogP contribution < -0.4 is 4.74 Å². The van der Waals surface area contributed by atoms with Crippen LogP contribution in [0.2, 0.25) is 0 Å². The largest absolute Gasteiger partial charge is 0.496 e. The van der Waals surface area contributed by atoms with Crippen molar-refractivity contribution >= 4 is 17.2 Å². The topological polar surface area (TPSA) is 81.4 Å². The number of oxazole rings is 1. The van der Waals surface area contributed by atoms with E-state index in [2.05, 4.69) is 15.0 Å². The smallest absolute Gasteiger partial charge is 0.254 e. The molecule has 0 N–H and O–H groups in total. The lowest BCUT2D eigenvalue weighted by atomic mass is 9.97. The molecule has 4 heterocycles. The normalized spacial score (nSPS) is 15.9. The molecule has 8 heteroatoms. The van der Waals surface area contributed by atoms with Crippen LogP contribution in [0.3, 0.4) is 0 Å². The van der Waals surface area contributed by atoms with Crippen molar-refractivity contribution in [2.24, 2.45) is 0 Å². The lowest BCUT2D eigenvalue weighted by molar-refractivity contribution is 0.0698. The number of ether oxygens (including phenoxy) is 1. The summed E-state index contributed by atoms with van der Waals surface area (Å²) in [5.74, 6) is 2.41. The average Bonchev–Trinajstić information content (AvgIpc) is 3.53. The number of aromatic nitrogens is 3. The molecule has 3 aromatic heterocycles. The van der Waals surface area contributed by atoms with Crippen LogP contribution in [0.25, 0.3) is 10.6 Å². The fourth-order valence-corrected chi connectivity index (χ4v) is 5.18. The number of carbonyl (C=O) groups excluding carboxylic acids is 1. The zero-order valence-electron chi connectivity index (χ0n) is 19.2. The number of likely N-dealkylation sites (tertiary alicyclic amines) is 1. The number of aryl methyl sites for hydroxylation is 1. The highest BCUT2D eigenvalue weighted by atomic mass is 32.1. The predicted octanol–water partition coefficient (Wildman–Crippen LogP) is 5.12. The van der Waals surface area contributed by atoms with E-state index in [1.807, 2.05) is 42.2 Å². The van der Waals surface area contributed by atoms with Crippen molar-refractivity contribution in [3.8, 4) is 16.3 Å². The Balaban J connectivity index is 1.29. The molecule has 0 bridgehead atoms. The van der Waals surface area contributed by atoms with Crippen molar-refractivity contribution in [2.75, 3.05) is 20.2 Å². The van der Waals surface area contributed by atoms with Gasteiger partial charge in [0.25, 0.3) is 5.91 Å².